The van der Waals surface area contributed by atoms with Crippen LogP contribution >= 0.6 is 11.3 Å². The first-order valence-electron chi connectivity index (χ1n) is 10.3. The van der Waals surface area contributed by atoms with Crippen LogP contribution in [0, 0.1) is 11.3 Å². The fourth-order valence-corrected chi connectivity index (χ4v) is 5.38. The third kappa shape index (κ3) is 3.46. The van der Waals surface area contributed by atoms with Gasteiger partial charge in [0.05, 0.1) is 40.0 Å². The van der Waals surface area contributed by atoms with Gasteiger partial charge < -0.3 is 9.88 Å². The number of para-hydroxylation sites is 1. The summed E-state index contributed by atoms with van der Waals surface area (Å²) >= 11 is 1.68. The molecule has 1 N–H and O–H groups in total. The van der Waals surface area contributed by atoms with Gasteiger partial charge in [0.2, 0.25) is 5.91 Å². The van der Waals surface area contributed by atoms with Crippen LogP contribution in [0.1, 0.15) is 49.9 Å². The van der Waals surface area contributed by atoms with Crippen molar-refractivity contribution in [3.05, 3.63) is 47.5 Å². The Morgan fingerprint density at radius 1 is 1.25 bits per heavy atom. The molecule has 2 aliphatic carbocycles. The third-order valence-corrected chi connectivity index (χ3v) is 7.47. The Balaban J connectivity index is 0.000000158. The molecule has 1 amide bonds. The maximum Gasteiger partial charge on any atom is 0.223 e. The van der Waals surface area contributed by atoms with Crippen molar-refractivity contribution in [3.8, 4) is 0 Å². The number of aromatic amines is 1. The van der Waals surface area contributed by atoms with Crippen LogP contribution in [0.3, 0.4) is 0 Å². The summed E-state index contributed by atoms with van der Waals surface area (Å²) in [4.78, 5) is 26.2. The van der Waals surface area contributed by atoms with Crippen molar-refractivity contribution in [2.24, 2.45) is 11.3 Å². The van der Waals surface area contributed by atoms with Crippen molar-refractivity contribution in [2.45, 2.75) is 51.5 Å². The molecule has 28 heavy (non-hydrogen) atoms. The predicted molar refractivity (Wildman–Crippen MR) is 111 cm³/mol. The van der Waals surface area contributed by atoms with Crippen LogP contribution in [0.25, 0.3) is 10.2 Å². The molecule has 0 spiro atoms. The summed E-state index contributed by atoms with van der Waals surface area (Å²) in [5.74, 6) is 1.23. The van der Waals surface area contributed by atoms with Gasteiger partial charge in [0.25, 0.3) is 0 Å². The summed E-state index contributed by atoms with van der Waals surface area (Å²) in [7, 11) is 0. The Morgan fingerprint density at radius 3 is 2.86 bits per heavy atom. The number of amides is 1. The van der Waals surface area contributed by atoms with E-state index in [9.17, 15) is 4.79 Å². The number of fused-ring (bicyclic) bond motifs is 2. The second-order valence-electron chi connectivity index (χ2n) is 8.38. The van der Waals surface area contributed by atoms with Crippen LogP contribution in [0.15, 0.2) is 36.1 Å². The number of H-pyrrole nitrogens is 1. The number of benzene rings is 1. The summed E-state index contributed by atoms with van der Waals surface area (Å²) < 4.78 is 1.26. The first-order valence-corrected chi connectivity index (χ1v) is 11.2. The second kappa shape index (κ2) is 7.32. The maximum atomic E-state index is 12.6. The van der Waals surface area contributed by atoms with Gasteiger partial charge in [-0.15, -0.1) is 11.3 Å². The highest BCUT2D eigenvalue weighted by Gasteiger charge is 2.50. The Labute approximate surface area is 169 Å². The third-order valence-electron chi connectivity index (χ3n) is 6.66. The van der Waals surface area contributed by atoms with E-state index in [1.165, 1.54) is 36.8 Å². The summed E-state index contributed by atoms with van der Waals surface area (Å²) in [6.07, 6.45) is 10.1. The van der Waals surface area contributed by atoms with Gasteiger partial charge in [0.15, 0.2) is 0 Å². The van der Waals surface area contributed by atoms with Crippen molar-refractivity contribution in [1.29, 1.82) is 0 Å². The van der Waals surface area contributed by atoms with Crippen molar-refractivity contribution in [2.75, 3.05) is 6.54 Å². The van der Waals surface area contributed by atoms with Crippen LogP contribution in [0.2, 0.25) is 0 Å². The monoisotopic (exact) mass is 394 g/mol. The average molecular weight is 395 g/mol. The molecule has 3 heterocycles. The molecule has 0 radical (unpaired) electrons. The minimum Gasteiger partial charge on any atom is -0.347 e. The first-order chi connectivity index (χ1) is 13.7. The fourth-order valence-electron chi connectivity index (χ4n) is 4.70. The van der Waals surface area contributed by atoms with Gasteiger partial charge in [0.1, 0.15) is 0 Å². The summed E-state index contributed by atoms with van der Waals surface area (Å²) in [6, 6.07) is 8.13. The zero-order valence-electron chi connectivity index (χ0n) is 16.1. The van der Waals surface area contributed by atoms with E-state index in [1.54, 1.807) is 17.7 Å². The molecular weight excluding hydrogens is 368 g/mol. The maximum absolute atomic E-state index is 12.6. The normalized spacial score (nSPS) is 20.1. The van der Waals surface area contributed by atoms with E-state index in [2.05, 4.69) is 21.0 Å². The molecule has 0 bridgehead atoms. The number of hydrogen-bond donors (Lipinski definition) is 1. The summed E-state index contributed by atoms with van der Waals surface area (Å²) in [5.41, 5.74) is 5.64. The highest BCUT2D eigenvalue weighted by Crippen LogP contribution is 2.59. The van der Waals surface area contributed by atoms with E-state index in [0.717, 1.165) is 48.8 Å². The van der Waals surface area contributed by atoms with E-state index >= 15 is 0 Å². The fraction of sp³-hybridized carbons (Fsp3) is 0.500. The Kier molecular flexibility index (Phi) is 4.67. The van der Waals surface area contributed by atoms with Crippen molar-refractivity contribution in [1.82, 2.24) is 19.9 Å². The number of nitrogens with zero attached hydrogens (tertiary/aromatic N) is 3. The van der Waals surface area contributed by atoms with Crippen LogP contribution in [0.4, 0.5) is 0 Å². The van der Waals surface area contributed by atoms with Crippen LogP contribution in [0.5, 0.6) is 0 Å². The van der Waals surface area contributed by atoms with Gasteiger partial charge in [-0.25, -0.2) is 9.97 Å². The van der Waals surface area contributed by atoms with Gasteiger partial charge in [0, 0.05) is 19.4 Å². The smallest absolute Gasteiger partial charge is 0.223 e. The lowest BCUT2D eigenvalue weighted by Crippen LogP contribution is -2.42. The van der Waals surface area contributed by atoms with E-state index in [0.29, 0.717) is 11.3 Å². The van der Waals surface area contributed by atoms with Crippen molar-refractivity contribution in [3.63, 3.8) is 0 Å². The van der Waals surface area contributed by atoms with Crippen LogP contribution in [-0.4, -0.2) is 32.3 Å². The number of carbonyl (C=O) groups is 1. The molecule has 5 nitrogen and oxygen atoms in total. The largest absolute Gasteiger partial charge is 0.347 e. The van der Waals surface area contributed by atoms with Gasteiger partial charge in [-0.1, -0.05) is 18.6 Å². The van der Waals surface area contributed by atoms with E-state index in [4.69, 9.17) is 0 Å². The summed E-state index contributed by atoms with van der Waals surface area (Å²) in [5, 5.41) is 0. The molecule has 0 saturated heterocycles. The minimum absolute atomic E-state index is 0.367. The van der Waals surface area contributed by atoms with Crippen LogP contribution < -0.4 is 0 Å². The SMILES string of the molecule is O=C(CC1(C2CC2)CCC1)N1CCc2nc[nH]c2C1.c1ccc2scnc2c1. The number of thiazole rings is 1. The molecule has 1 aromatic carbocycles. The molecule has 0 unspecified atom stereocenters. The quantitative estimate of drug-likeness (QED) is 0.708. The molecule has 1 aliphatic heterocycles. The van der Waals surface area contributed by atoms with Crippen molar-refractivity contribution >= 4 is 27.5 Å². The molecule has 2 fully saturated rings. The molecule has 3 aromatic rings. The Hall–Kier alpha value is -2.21. The highest BCUT2D eigenvalue weighted by molar-refractivity contribution is 7.16. The lowest BCUT2D eigenvalue weighted by Gasteiger charge is -2.43. The van der Waals surface area contributed by atoms with Gasteiger partial charge in [-0.05, 0) is 49.1 Å². The number of imidazole rings is 1. The van der Waals surface area contributed by atoms with E-state index in [-0.39, 0.29) is 0 Å². The number of aromatic nitrogens is 3. The minimum atomic E-state index is 0.367. The predicted octanol–water partition coefficient (Wildman–Crippen LogP) is 4.56. The molecule has 146 valence electrons. The first kappa shape index (κ1) is 17.9. The van der Waals surface area contributed by atoms with Gasteiger partial charge >= 0.3 is 0 Å². The zero-order chi connectivity index (χ0) is 19.0. The van der Waals surface area contributed by atoms with Crippen molar-refractivity contribution < 1.29 is 4.79 Å². The summed E-state index contributed by atoms with van der Waals surface area (Å²) in [6.45, 7) is 1.58. The molecular formula is C22H26N4OS. The van der Waals surface area contributed by atoms with E-state index < -0.39 is 0 Å². The Bertz CT molecular complexity index is 940. The molecule has 0 atom stereocenters. The topological polar surface area (TPSA) is 61.9 Å². The molecule has 2 aromatic heterocycles. The molecule has 2 saturated carbocycles. The lowest BCUT2D eigenvalue weighted by atomic mass is 9.63. The molecule has 6 heteroatoms. The highest BCUT2D eigenvalue weighted by atomic mass is 32.1. The molecule has 6 rings (SSSR count). The number of rotatable bonds is 3. The number of hydrogen-bond acceptors (Lipinski definition) is 4. The molecule has 3 aliphatic rings. The zero-order valence-corrected chi connectivity index (χ0v) is 16.9. The number of carbonyl (C=O) groups excluding carboxylic acids is 1. The average Bonchev–Trinajstić information content (AvgIpc) is 3.24. The number of nitrogens with one attached hydrogen (secondary N) is 1. The standard InChI is InChI=1S/C15H21N3O.C7H5NS/c19-14(8-15(5-1-6-15)11-2-3-11)18-7-4-12-13(9-18)17-10-16-12;1-2-4-7-6(3-1)8-5-9-7/h10-11H,1-9H2,(H,16,17);1-5H. The van der Waals surface area contributed by atoms with Gasteiger partial charge in [-0.3, -0.25) is 4.79 Å². The Morgan fingerprint density at radius 2 is 2.11 bits per heavy atom. The second-order valence-corrected chi connectivity index (χ2v) is 9.27. The van der Waals surface area contributed by atoms with E-state index in [1.807, 2.05) is 28.6 Å². The van der Waals surface area contributed by atoms with Gasteiger partial charge in [-0.2, -0.15) is 0 Å². The van der Waals surface area contributed by atoms with Crippen LogP contribution in [-0.2, 0) is 17.8 Å². The lowest BCUT2D eigenvalue weighted by molar-refractivity contribution is -0.137.